The molecule has 2 N–H and O–H groups in total. The molecule has 0 bridgehead atoms. The molecular weight excluding hydrogens is 268 g/mol. The third-order valence-corrected chi connectivity index (χ3v) is 3.31. The number of hydrogen-bond donors (Lipinski definition) is 2. The number of aromatic amines is 1. The van der Waals surface area contributed by atoms with Crippen molar-refractivity contribution in [3.05, 3.63) is 32.6 Å². The summed E-state index contributed by atoms with van der Waals surface area (Å²) in [4.78, 5) is 25.6. The van der Waals surface area contributed by atoms with E-state index in [-0.39, 0.29) is 0 Å². The zero-order valence-electron chi connectivity index (χ0n) is 12.8. The average molecular weight is 292 g/mol. The van der Waals surface area contributed by atoms with Gasteiger partial charge < -0.3 is 5.11 Å². The minimum atomic E-state index is -0.458. The number of aliphatic hydroxyl groups is 1. The van der Waals surface area contributed by atoms with E-state index in [1.54, 1.807) is 0 Å². The van der Waals surface area contributed by atoms with Crippen molar-refractivity contribution in [1.29, 1.82) is 0 Å². The maximum Gasteiger partial charge on any atom is 0.328 e. The number of nitrogens with zero attached hydrogens (tertiary/aromatic N) is 1. The summed E-state index contributed by atoms with van der Waals surface area (Å²) in [6, 6.07) is 0. The Morgan fingerprint density at radius 2 is 2.10 bits per heavy atom. The standard InChI is InChI=1S/C16H24N2O3/c1-3-5-6-7-8-9-13-12-18(11-10-14(19)4-2)16(21)17-15(13)20/h12,14,19H,3-7,10-11H2,1-2H3,(H,17,20,21). The van der Waals surface area contributed by atoms with Gasteiger partial charge in [-0.15, -0.1) is 0 Å². The number of aromatic nitrogens is 2. The molecule has 1 aromatic heterocycles. The lowest BCUT2D eigenvalue weighted by atomic mass is 10.2. The molecule has 21 heavy (non-hydrogen) atoms. The minimum absolute atomic E-state index is 0.303. The molecule has 0 radical (unpaired) electrons. The van der Waals surface area contributed by atoms with E-state index in [1.165, 1.54) is 10.8 Å². The van der Waals surface area contributed by atoms with Crippen molar-refractivity contribution in [2.24, 2.45) is 0 Å². The minimum Gasteiger partial charge on any atom is -0.393 e. The lowest BCUT2D eigenvalue weighted by Crippen LogP contribution is -2.31. The number of rotatable bonds is 7. The van der Waals surface area contributed by atoms with Gasteiger partial charge in [0.2, 0.25) is 0 Å². The molecule has 5 nitrogen and oxygen atoms in total. The second-order valence-electron chi connectivity index (χ2n) is 5.11. The molecule has 0 aliphatic carbocycles. The molecule has 0 saturated carbocycles. The lowest BCUT2D eigenvalue weighted by molar-refractivity contribution is 0.153. The predicted octanol–water partition coefficient (Wildman–Crippen LogP) is 1.63. The molecule has 0 saturated heterocycles. The van der Waals surface area contributed by atoms with Crippen molar-refractivity contribution in [1.82, 2.24) is 9.55 Å². The Morgan fingerprint density at radius 3 is 2.76 bits per heavy atom. The third kappa shape index (κ3) is 6.01. The van der Waals surface area contributed by atoms with Crippen LogP contribution in [-0.2, 0) is 6.54 Å². The van der Waals surface area contributed by atoms with Gasteiger partial charge in [-0.1, -0.05) is 38.5 Å². The zero-order valence-corrected chi connectivity index (χ0v) is 12.8. The Balaban J connectivity index is 2.81. The first-order valence-electron chi connectivity index (χ1n) is 7.59. The molecule has 1 atom stereocenters. The van der Waals surface area contributed by atoms with E-state index in [0.717, 1.165) is 25.7 Å². The molecule has 0 spiro atoms. The highest BCUT2D eigenvalue weighted by molar-refractivity contribution is 5.29. The molecule has 1 rings (SSSR count). The second-order valence-corrected chi connectivity index (χ2v) is 5.11. The van der Waals surface area contributed by atoms with Crippen LogP contribution in [0.4, 0.5) is 0 Å². The summed E-state index contributed by atoms with van der Waals surface area (Å²) in [5.41, 5.74) is -0.604. The number of nitrogens with one attached hydrogen (secondary N) is 1. The zero-order chi connectivity index (χ0) is 15.7. The van der Waals surface area contributed by atoms with Crippen molar-refractivity contribution in [3.8, 4) is 11.8 Å². The summed E-state index contributed by atoms with van der Waals surface area (Å²) in [6.45, 7) is 4.38. The molecule has 0 aliphatic rings. The van der Waals surface area contributed by atoms with E-state index in [1.807, 2.05) is 6.92 Å². The molecule has 1 unspecified atom stereocenters. The number of aliphatic hydroxyl groups excluding tert-OH is 1. The van der Waals surface area contributed by atoms with Crippen LogP contribution in [0, 0.1) is 11.8 Å². The monoisotopic (exact) mass is 292 g/mol. The fourth-order valence-corrected chi connectivity index (χ4v) is 1.88. The summed E-state index contributed by atoms with van der Waals surface area (Å²) in [6.07, 6.45) is 6.19. The highest BCUT2D eigenvalue weighted by atomic mass is 16.3. The predicted molar refractivity (Wildman–Crippen MR) is 83.3 cm³/mol. The van der Waals surface area contributed by atoms with Gasteiger partial charge in [0, 0.05) is 19.2 Å². The van der Waals surface area contributed by atoms with Crippen LogP contribution in [0.3, 0.4) is 0 Å². The van der Waals surface area contributed by atoms with Gasteiger partial charge in [0.1, 0.15) is 5.56 Å². The SMILES string of the molecule is CCCCCC#Cc1cn(CCC(O)CC)c(=O)[nH]c1=O. The fourth-order valence-electron chi connectivity index (χ4n) is 1.88. The second kappa shape index (κ2) is 9.19. The fraction of sp³-hybridized carbons (Fsp3) is 0.625. The number of H-pyrrole nitrogens is 1. The molecular formula is C16H24N2O3. The smallest absolute Gasteiger partial charge is 0.328 e. The van der Waals surface area contributed by atoms with Crippen LogP contribution in [0.2, 0.25) is 0 Å². The van der Waals surface area contributed by atoms with Gasteiger partial charge in [0.25, 0.3) is 5.56 Å². The molecule has 116 valence electrons. The van der Waals surface area contributed by atoms with Crippen LogP contribution >= 0.6 is 0 Å². The first-order valence-corrected chi connectivity index (χ1v) is 7.59. The van der Waals surface area contributed by atoms with Crippen molar-refractivity contribution in [3.63, 3.8) is 0 Å². The number of hydrogen-bond acceptors (Lipinski definition) is 3. The van der Waals surface area contributed by atoms with Gasteiger partial charge in [-0.3, -0.25) is 14.3 Å². The summed E-state index contributed by atoms with van der Waals surface area (Å²) >= 11 is 0. The van der Waals surface area contributed by atoms with Crippen molar-refractivity contribution in [2.45, 2.75) is 65.0 Å². The Morgan fingerprint density at radius 1 is 1.33 bits per heavy atom. The molecule has 0 amide bonds. The Hall–Kier alpha value is -1.80. The average Bonchev–Trinajstić information content (AvgIpc) is 2.47. The normalized spacial score (nSPS) is 11.8. The lowest BCUT2D eigenvalue weighted by Gasteiger charge is -2.09. The first-order chi connectivity index (χ1) is 10.1. The van der Waals surface area contributed by atoms with E-state index < -0.39 is 17.4 Å². The topological polar surface area (TPSA) is 75.1 Å². The maximum absolute atomic E-state index is 11.7. The van der Waals surface area contributed by atoms with Gasteiger partial charge in [-0.05, 0) is 19.3 Å². The van der Waals surface area contributed by atoms with Gasteiger partial charge >= 0.3 is 5.69 Å². The quantitative estimate of drug-likeness (QED) is 0.592. The van der Waals surface area contributed by atoms with Crippen LogP contribution in [0.5, 0.6) is 0 Å². The van der Waals surface area contributed by atoms with Gasteiger partial charge in [-0.25, -0.2) is 4.79 Å². The van der Waals surface area contributed by atoms with E-state index in [9.17, 15) is 14.7 Å². The Kier molecular flexibility index (Phi) is 7.55. The largest absolute Gasteiger partial charge is 0.393 e. The third-order valence-electron chi connectivity index (χ3n) is 3.31. The summed E-state index contributed by atoms with van der Waals surface area (Å²) in [5.74, 6) is 5.79. The number of unbranched alkanes of at least 4 members (excludes halogenated alkanes) is 3. The van der Waals surface area contributed by atoms with Crippen molar-refractivity contribution in [2.75, 3.05) is 0 Å². The molecule has 1 heterocycles. The van der Waals surface area contributed by atoms with Crippen LogP contribution in [0.25, 0.3) is 0 Å². The first kappa shape index (κ1) is 17.3. The van der Waals surface area contributed by atoms with Gasteiger partial charge in [0.05, 0.1) is 6.10 Å². The van der Waals surface area contributed by atoms with Crippen molar-refractivity contribution >= 4 is 0 Å². The number of aryl methyl sites for hydroxylation is 1. The summed E-state index contributed by atoms with van der Waals surface area (Å²) < 4.78 is 1.40. The van der Waals surface area contributed by atoms with E-state index in [0.29, 0.717) is 24.9 Å². The van der Waals surface area contributed by atoms with Crippen LogP contribution < -0.4 is 11.2 Å². The summed E-state index contributed by atoms with van der Waals surface area (Å²) in [5, 5.41) is 9.54. The van der Waals surface area contributed by atoms with E-state index >= 15 is 0 Å². The molecule has 1 aromatic rings. The van der Waals surface area contributed by atoms with E-state index in [2.05, 4.69) is 23.7 Å². The maximum atomic E-state index is 11.7. The highest BCUT2D eigenvalue weighted by Crippen LogP contribution is 1.99. The molecule has 0 fully saturated rings. The molecule has 0 aromatic carbocycles. The van der Waals surface area contributed by atoms with Crippen molar-refractivity contribution < 1.29 is 5.11 Å². The Bertz CT molecular complexity index is 604. The van der Waals surface area contributed by atoms with E-state index in [4.69, 9.17) is 0 Å². The highest BCUT2D eigenvalue weighted by Gasteiger charge is 2.05. The molecule has 5 heteroatoms. The van der Waals surface area contributed by atoms with Crippen LogP contribution in [-0.4, -0.2) is 20.8 Å². The van der Waals surface area contributed by atoms with Gasteiger partial charge in [-0.2, -0.15) is 0 Å². The van der Waals surface area contributed by atoms with Gasteiger partial charge in [0.15, 0.2) is 0 Å². The Labute approximate surface area is 125 Å². The van der Waals surface area contributed by atoms with Crippen LogP contribution in [0.1, 0.15) is 57.9 Å². The summed E-state index contributed by atoms with van der Waals surface area (Å²) in [7, 11) is 0. The van der Waals surface area contributed by atoms with Crippen LogP contribution in [0.15, 0.2) is 15.8 Å². The molecule has 0 aliphatic heterocycles.